The normalized spacial score (nSPS) is 21.6. The van der Waals surface area contributed by atoms with Gasteiger partial charge in [-0.2, -0.15) is 0 Å². The predicted molar refractivity (Wildman–Crippen MR) is 60.8 cm³/mol. The summed E-state index contributed by atoms with van der Waals surface area (Å²) in [5, 5.41) is 3.68. The molecule has 82 valence electrons. The second kappa shape index (κ2) is 6.36. The third-order valence-corrected chi connectivity index (χ3v) is 2.19. The standard InChI is InChI=1S/C7H11BrN2O3.BrH/c1-12-7(11)5(9)2-4-3-6(8)10-13-4;/h4-5H,2-3,9H2,1H3;1H/t4?,5-;/m1./s1. The Balaban J connectivity index is 0.00000169. The Labute approximate surface area is 101 Å². The van der Waals surface area contributed by atoms with Gasteiger partial charge in [-0.25, -0.2) is 0 Å². The maximum atomic E-state index is 10.9. The molecular weight excluding hydrogens is 320 g/mol. The first kappa shape index (κ1) is 13.9. The van der Waals surface area contributed by atoms with Gasteiger partial charge in [-0.3, -0.25) is 4.79 Å². The fourth-order valence-electron chi connectivity index (χ4n) is 1.05. The number of nitrogens with two attached hydrogens (primary N) is 1. The lowest BCUT2D eigenvalue weighted by atomic mass is 10.1. The van der Waals surface area contributed by atoms with E-state index in [2.05, 4.69) is 25.8 Å². The van der Waals surface area contributed by atoms with Gasteiger partial charge in [0.05, 0.1) is 7.11 Å². The van der Waals surface area contributed by atoms with Crippen molar-refractivity contribution in [2.75, 3.05) is 7.11 Å². The van der Waals surface area contributed by atoms with Crippen molar-refractivity contribution in [1.29, 1.82) is 0 Å². The fourth-order valence-corrected chi connectivity index (χ4v) is 1.50. The molecule has 0 aromatic rings. The zero-order valence-corrected chi connectivity index (χ0v) is 10.9. The highest BCUT2D eigenvalue weighted by atomic mass is 79.9. The van der Waals surface area contributed by atoms with Gasteiger partial charge < -0.3 is 15.3 Å². The number of ether oxygens (including phenoxy) is 1. The Morgan fingerprint density at radius 3 is 3.00 bits per heavy atom. The van der Waals surface area contributed by atoms with Crippen molar-refractivity contribution in [1.82, 2.24) is 0 Å². The molecule has 0 aromatic carbocycles. The summed E-state index contributed by atoms with van der Waals surface area (Å²) in [4.78, 5) is 15.9. The van der Waals surface area contributed by atoms with Gasteiger partial charge in [0.15, 0.2) is 0 Å². The van der Waals surface area contributed by atoms with Gasteiger partial charge in [0, 0.05) is 12.8 Å². The molecule has 7 heteroatoms. The molecule has 0 saturated carbocycles. The molecule has 2 atom stereocenters. The molecule has 0 fully saturated rings. The number of oxime groups is 1. The van der Waals surface area contributed by atoms with Gasteiger partial charge in [-0.1, -0.05) is 5.16 Å². The molecule has 0 saturated heterocycles. The molecule has 5 nitrogen and oxygen atoms in total. The van der Waals surface area contributed by atoms with Crippen LogP contribution in [0.5, 0.6) is 0 Å². The van der Waals surface area contributed by atoms with E-state index in [9.17, 15) is 4.79 Å². The molecule has 1 aliphatic rings. The number of methoxy groups -OCH3 is 1. The largest absolute Gasteiger partial charge is 0.468 e. The van der Waals surface area contributed by atoms with Crippen molar-refractivity contribution in [2.45, 2.75) is 25.0 Å². The highest BCUT2D eigenvalue weighted by Gasteiger charge is 2.25. The van der Waals surface area contributed by atoms with E-state index in [1.165, 1.54) is 7.11 Å². The molecule has 1 aliphatic heterocycles. The van der Waals surface area contributed by atoms with Crippen LogP contribution in [0, 0.1) is 0 Å². The van der Waals surface area contributed by atoms with E-state index in [-0.39, 0.29) is 23.1 Å². The highest BCUT2D eigenvalue weighted by Crippen LogP contribution is 2.18. The van der Waals surface area contributed by atoms with Crippen molar-refractivity contribution in [3.05, 3.63) is 0 Å². The summed E-state index contributed by atoms with van der Waals surface area (Å²) >= 11 is 3.19. The minimum atomic E-state index is -0.636. The number of carbonyl (C=O) groups is 1. The Kier molecular flexibility index (Phi) is 6.30. The summed E-state index contributed by atoms with van der Waals surface area (Å²) in [5.74, 6) is -0.424. The molecule has 0 aliphatic carbocycles. The van der Waals surface area contributed by atoms with Crippen LogP contribution in [0.3, 0.4) is 0 Å². The average molecular weight is 332 g/mol. The van der Waals surface area contributed by atoms with E-state index in [0.717, 1.165) is 4.62 Å². The lowest BCUT2D eigenvalue weighted by Gasteiger charge is -2.12. The van der Waals surface area contributed by atoms with Crippen molar-refractivity contribution in [3.8, 4) is 0 Å². The minimum absolute atomic E-state index is 0. The smallest absolute Gasteiger partial charge is 0.322 e. The number of halogens is 2. The van der Waals surface area contributed by atoms with E-state index in [0.29, 0.717) is 12.8 Å². The van der Waals surface area contributed by atoms with Crippen molar-refractivity contribution in [3.63, 3.8) is 0 Å². The molecule has 0 aromatic heterocycles. The second-order valence-electron chi connectivity index (χ2n) is 2.76. The first-order valence-corrected chi connectivity index (χ1v) is 4.64. The van der Waals surface area contributed by atoms with Crippen LogP contribution in [0.15, 0.2) is 5.16 Å². The maximum absolute atomic E-state index is 10.9. The quantitative estimate of drug-likeness (QED) is 0.781. The van der Waals surface area contributed by atoms with Crippen LogP contribution >= 0.6 is 32.9 Å². The van der Waals surface area contributed by atoms with E-state index >= 15 is 0 Å². The Bertz CT molecular complexity index is 235. The van der Waals surface area contributed by atoms with Gasteiger partial charge in [-0.05, 0) is 15.9 Å². The van der Waals surface area contributed by atoms with Gasteiger partial charge in [0.1, 0.15) is 16.8 Å². The van der Waals surface area contributed by atoms with Crippen LogP contribution in [0.2, 0.25) is 0 Å². The molecule has 0 radical (unpaired) electrons. The summed E-state index contributed by atoms with van der Waals surface area (Å²) in [6, 6.07) is -0.636. The Hall–Kier alpha value is -0.140. The SMILES string of the molecule is Br.COC(=O)[C@H](N)CC1CC(Br)=NO1. The first-order chi connectivity index (χ1) is 6.13. The molecule has 0 amide bonds. The average Bonchev–Trinajstić information content (AvgIpc) is 2.49. The third kappa shape index (κ3) is 3.93. The molecule has 2 N–H and O–H groups in total. The molecule has 0 spiro atoms. The van der Waals surface area contributed by atoms with Crippen molar-refractivity contribution < 1.29 is 14.4 Å². The summed E-state index contributed by atoms with van der Waals surface area (Å²) in [6.07, 6.45) is 0.958. The van der Waals surface area contributed by atoms with Crippen LogP contribution in [0.1, 0.15) is 12.8 Å². The number of esters is 1. The number of rotatable bonds is 3. The zero-order chi connectivity index (χ0) is 9.84. The van der Waals surface area contributed by atoms with E-state index in [1.807, 2.05) is 0 Å². The Morgan fingerprint density at radius 2 is 2.57 bits per heavy atom. The monoisotopic (exact) mass is 330 g/mol. The van der Waals surface area contributed by atoms with Crippen molar-refractivity contribution >= 4 is 43.5 Å². The topological polar surface area (TPSA) is 73.9 Å². The van der Waals surface area contributed by atoms with Gasteiger partial charge in [0.25, 0.3) is 0 Å². The number of hydrogen-bond donors (Lipinski definition) is 1. The van der Waals surface area contributed by atoms with Crippen LogP contribution in [-0.4, -0.2) is 29.8 Å². The predicted octanol–water partition coefficient (Wildman–Crippen LogP) is 0.952. The van der Waals surface area contributed by atoms with Crippen LogP contribution < -0.4 is 5.73 Å². The zero-order valence-electron chi connectivity index (χ0n) is 7.60. The second-order valence-corrected chi connectivity index (χ2v) is 3.68. The molecule has 0 bridgehead atoms. The minimum Gasteiger partial charge on any atom is -0.468 e. The fraction of sp³-hybridized carbons (Fsp3) is 0.714. The summed E-state index contributed by atoms with van der Waals surface area (Å²) in [7, 11) is 1.31. The van der Waals surface area contributed by atoms with Gasteiger partial charge in [0.2, 0.25) is 0 Å². The summed E-state index contributed by atoms with van der Waals surface area (Å²) in [6.45, 7) is 0. The number of hydrogen-bond acceptors (Lipinski definition) is 5. The molecule has 14 heavy (non-hydrogen) atoms. The van der Waals surface area contributed by atoms with Crippen LogP contribution in [-0.2, 0) is 14.4 Å². The lowest BCUT2D eigenvalue weighted by Crippen LogP contribution is -2.35. The maximum Gasteiger partial charge on any atom is 0.322 e. The van der Waals surface area contributed by atoms with E-state index in [1.54, 1.807) is 0 Å². The molecule has 1 heterocycles. The third-order valence-electron chi connectivity index (χ3n) is 1.72. The first-order valence-electron chi connectivity index (χ1n) is 3.85. The summed E-state index contributed by atoms with van der Waals surface area (Å²) in [5.41, 5.74) is 5.53. The van der Waals surface area contributed by atoms with Gasteiger partial charge in [-0.15, -0.1) is 17.0 Å². The lowest BCUT2D eigenvalue weighted by molar-refractivity contribution is -0.143. The van der Waals surface area contributed by atoms with Gasteiger partial charge >= 0.3 is 5.97 Å². The molecule has 1 rings (SSSR count). The van der Waals surface area contributed by atoms with Crippen molar-refractivity contribution in [2.24, 2.45) is 10.9 Å². The highest BCUT2D eigenvalue weighted by molar-refractivity contribution is 9.18. The molecule has 1 unspecified atom stereocenters. The Morgan fingerprint density at radius 1 is 1.93 bits per heavy atom. The van der Waals surface area contributed by atoms with Crippen LogP contribution in [0.25, 0.3) is 0 Å². The number of nitrogens with zero attached hydrogens (tertiary/aromatic N) is 1. The number of carbonyl (C=O) groups excluding carboxylic acids is 1. The molecular formula is C7H12Br2N2O3. The van der Waals surface area contributed by atoms with E-state index < -0.39 is 12.0 Å². The van der Waals surface area contributed by atoms with Crippen LogP contribution in [0.4, 0.5) is 0 Å². The summed E-state index contributed by atoms with van der Waals surface area (Å²) < 4.78 is 5.23. The van der Waals surface area contributed by atoms with E-state index in [4.69, 9.17) is 10.6 Å².